The molecule has 3 aliphatic rings. The molecule has 2 bridgehead atoms. The van der Waals surface area contributed by atoms with Gasteiger partial charge in [0.15, 0.2) is 6.29 Å². The Morgan fingerprint density at radius 2 is 2.00 bits per heavy atom. The quantitative estimate of drug-likeness (QED) is 0.547. The summed E-state index contributed by atoms with van der Waals surface area (Å²) < 4.78 is 21.5. The molecule has 1 spiro atoms. The molecule has 0 aliphatic carbocycles. The van der Waals surface area contributed by atoms with Gasteiger partial charge in [0.25, 0.3) is 0 Å². The molecule has 0 unspecified atom stereocenters. The summed E-state index contributed by atoms with van der Waals surface area (Å²) in [7, 11) is 4.61. The van der Waals surface area contributed by atoms with E-state index in [-0.39, 0.29) is 18.4 Å². The Bertz CT molecular complexity index is 790. The van der Waals surface area contributed by atoms with Crippen LogP contribution in [-0.4, -0.2) is 64.2 Å². The van der Waals surface area contributed by atoms with Gasteiger partial charge in [0.05, 0.1) is 38.1 Å². The van der Waals surface area contributed by atoms with Crippen LogP contribution in [0.1, 0.15) is 0 Å². The molecule has 2 amide bonds. The van der Waals surface area contributed by atoms with E-state index in [1.165, 1.54) is 14.2 Å². The average Bonchev–Trinajstić information content (AvgIpc) is 3.37. The van der Waals surface area contributed by atoms with Crippen molar-refractivity contribution < 1.29 is 28.5 Å². The van der Waals surface area contributed by atoms with Crippen molar-refractivity contribution in [3.63, 3.8) is 0 Å². The van der Waals surface area contributed by atoms with Crippen LogP contribution >= 0.6 is 0 Å². The highest BCUT2D eigenvalue weighted by atomic mass is 16.7. The minimum Gasteiger partial charge on any atom is -0.497 e. The first-order valence-corrected chi connectivity index (χ1v) is 9.19. The molecule has 3 heterocycles. The summed E-state index contributed by atoms with van der Waals surface area (Å²) in [5.41, 5.74) is -0.000915. The fourth-order valence-electron chi connectivity index (χ4n) is 4.34. The first kappa shape index (κ1) is 18.9. The molecule has 8 heteroatoms. The lowest BCUT2D eigenvalue weighted by Gasteiger charge is -2.24. The Morgan fingerprint density at radius 1 is 1.29 bits per heavy atom. The monoisotopic (exact) mass is 388 g/mol. The van der Waals surface area contributed by atoms with Crippen molar-refractivity contribution in [1.29, 1.82) is 0 Å². The first-order valence-electron chi connectivity index (χ1n) is 9.19. The van der Waals surface area contributed by atoms with Crippen LogP contribution in [0.5, 0.6) is 5.75 Å². The number of benzene rings is 1. The number of carbonyl (C=O) groups is 2. The Kier molecular flexibility index (Phi) is 4.86. The number of anilines is 1. The molecule has 1 aromatic rings. The van der Waals surface area contributed by atoms with Crippen LogP contribution < -0.4 is 15.0 Å². The van der Waals surface area contributed by atoms with E-state index < -0.39 is 29.8 Å². The van der Waals surface area contributed by atoms with Crippen molar-refractivity contribution in [2.75, 3.05) is 39.3 Å². The van der Waals surface area contributed by atoms with Gasteiger partial charge in [0.1, 0.15) is 11.4 Å². The summed E-state index contributed by atoms with van der Waals surface area (Å²) in [4.78, 5) is 27.8. The number of fused-ring (bicyclic) bond motifs is 1. The fraction of sp³-hybridized carbons (Fsp3) is 0.500. The number of nitrogens with one attached hydrogen (secondary N) is 1. The van der Waals surface area contributed by atoms with E-state index in [0.717, 1.165) is 5.69 Å². The standard InChI is InChI=1S/C20H24N2O6/c1-25-13-6-4-12(5-7-13)22-11-20-9-8-14(28-20)16(17(20)19(22)24)18(23)21-10-15(26-2)27-3/h4-9,14-17H,10-11H2,1-3H3,(H,21,23)/t14-,16-,17+,20-/m0/s1. The van der Waals surface area contributed by atoms with E-state index in [9.17, 15) is 9.59 Å². The SMILES string of the molecule is COc1ccc(N2C[C@]34C=C[C@H](O3)[C@H](C(=O)NCC(OC)OC)[C@@H]4C2=O)cc1. The summed E-state index contributed by atoms with van der Waals surface area (Å²) >= 11 is 0. The van der Waals surface area contributed by atoms with Crippen LogP contribution in [0.3, 0.4) is 0 Å². The van der Waals surface area contributed by atoms with Crippen LogP contribution in [-0.2, 0) is 23.8 Å². The molecule has 4 rings (SSSR count). The zero-order chi connectivity index (χ0) is 19.9. The average molecular weight is 388 g/mol. The van der Waals surface area contributed by atoms with Crippen LogP contribution in [0, 0.1) is 11.8 Å². The highest BCUT2D eigenvalue weighted by molar-refractivity contribution is 6.03. The molecular weight excluding hydrogens is 364 g/mol. The normalized spacial score (nSPS) is 30.2. The van der Waals surface area contributed by atoms with Crippen molar-refractivity contribution in [3.8, 4) is 5.75 Å². The molecule has 8 nitrogen and oxygen atoms in total. The second-order valence-corrected chi connectivity index (χ2v) is 7.17. The van der Waals surface area contributed by atoms with Crippen molar-refractivity contribution in [2.45, 2.75) is 18.0 Å². The second kappa shape index (κ2) is 7.20. The predicted molar refractivity (Wildman–Crippen MR) is 99.9 cm³/mol. The van der Waals surface area contributed by atoms with E-state index in [1.807, 2.05) is 36.4 Å². The summed E-state index contributed by atoms with van der Waals surface area (Å²) in [6.45, 7) is 0.591. The third-order valence-corrected chi connectivity index (χ3v) is 5.76. The number of rotatable bonds is 7. The molecule has 1 aromatic carbocycles. The van der Waals surface area contributed by atoms with Gasteiger partial charge in [-0.2, -0.15) is 0 Å². The van der Waals surface area contributed by atoms with Gasteiger partial charge in [-0.05, 0) is 24.3 Å². The van der Waals surface area contributed by atoms with Gasteiger partial charge in [0.2, 0.25) is 11.8 Å². The largest absolute Gasteiger partial charge is 0.497 e. The van der Waals surface area contributed by atoms with Crippen molar-refractivity contribution in [2.24, 2.45) is 11.8 Å². The molecule has 28 heavy (non-hydrogen) atoms. The maximum atomic E-state index is 13.2. The second-order valence-electron chi connectivity index (χ2n) is 7.17. The summed E-state index contributed by atoms with van der Waals surface area (Å²) in [6, 6.07) is 7.29. The van der Waals surface area contributed by atoms with E-state index in [1.54, 1.807) is 12.0 Å². The lowest BCUT2D eigenvalue weighted by Crippen LogP contribution is -2.46. The molecule has 150 valence electrons. The highest BCUT2D eigenvalue weighted by Gasteiger charge is 2.67. The smallest absolute Gasteiger partial charge is 0.234 e. The summed E-state index contributed by atoms with van der Waals surface area (Å²) in [5.74, 6) is -0.741. The molecule has 4 atom stereocenters. The molecule has 2 fully saturated rings. The van der Waals surface area contributed by atoms with Gasteiger partial charge in [-0.15, -0.1) is 0 Å². The zero-order valence-corrected chi connectivity index (χ0v) is 16.1. The minimum absolute atomic E-state index is 0.104. The highest BCUT2D eigenvalue weighted by Crippen LogP contribution is 2.52. The van der Waals surface area contributed by atoms with Crippen LogP contribution in [0.4, 0.5) is 5.69 Å². The van der Waals surface area contributed by atoms with Gasteiger partial charge in [-0.1, -0.05) is 12.2 Å². The topological polar surface area (TPSA) is 86.3 Å². The number of nitrogens with zero attached hydrogens (tertiary/aromatic N) is 1. The maximum absolute atomic E-state index is 13.2. The molecule has 2 saturated heterocycles. The molecule has 3 aliphatic heterocycles. The number of hydrogen-bond donors (Lipinski definition) is 1. The van der Waals surface area contributed by atoms with E-state index in [2.05, 4.69) is 5.32 Å². The van der Waals surface area contributed by atoms with Crippen LogP contribution in [0.25, 0.3) is 0 Å². The van der Waals surface area contributed by atoms with Crippen LogP contribution in [0.15, 0.2) is 36.4 Å². The van der Waals surface area contributed by atoms with E-state index >= 15 is 0 Å². The van der Waals surface area contributed by atoms with Gasteiger partial charge in [0, 0.05) is 19.9 Å². The molecule has 0 saturated carbocycles. The van der Waals surface area contributed by atoms with Gasteiger partial charge in [-0.3, -0.25) is 9.59 Å². The zero-order valence-electron chi connectivity index (χ0n) is 16.1. The van der Waals surface area contributed by atoms with E-state index in [0.29, 0.717) is 12.3 Å². The third kappa shape index (κ3) is 2.88. The maximum Gasteiger partial charge on any atom is 0.234 e. The Hall–Kier alpha value is -2.42. The third-order valence-electron chi connectivity index (χ3n) is 5.76. The predicted octanol–water partition coefficient (Wildman–Crippen LogP) is 0.717. The first-order chi connectivity index (χ1) is 13.5. The number of methoxy groups -OCH3 is 3. The Balaban J connectivity index is 1.54. The van der Waals surface area contributed by atoms with Crippen LogP contribution in [0.2, 0.25) is 0 Å². The van der Waals surface area contributed by atoms with Crippen molar-refractivity contribution in [1.82, 2.24) is 5.32 Å². The van der Waals surface area contributed by atoms with Gasteiger partial charge in [-0.25, -0.2) is 0 Å². The van der Waals surface area contributed by atoms with Gasteiger partial charge < -0.3 is 29.2 Å². The van der Waals surface area contributed by atoms with Crippen molar-refractivity contribution in [3.05, 3.63) is 36.4 Å². The molecule has 1 N–H and O–H groups in total. The Labute approximate surface area is 163 Å². The number of ether oxygens (including phenoxy) is 4. The summed E-state index contributed by atoms with van der Waals surface area (Å²) in [5, 5.41) is 2.82. The molecule has 0 aromatic heterocycles. The Morgan fingerprint density at radius 3 is 2.64 bits per heavy atom. The van der Waals surface area contributed by atoms with Gasteiger partial charge >= 0.3 is 0 Å². The lowest BCUT2D eigenvalue weighted by atomic mass is 9.77. The fourth-order valence-corrected chi connectivity index (χ4v) is 4.34. The minimum atomic E-state index is -0.758. The number of carbonyl (C=O) groups excluding carboxylic acids is 2. The lowest BCUT2D eigenvalue weighted by molar-refractivity contribution is -0.135. The number of amides is 2. The van der Waals surface area contributed by atoms with E-state index in [4.69, 9.17) is 18.9 Å². The number of hydrogen-bond acceptors (Lipinski definition) is 6. The van der Waals surface area contributed by atoms with Crippen molar-refractivity contribution >= 4 is 17.5 Å². The molecular formula is C20H24N2O6. The summed E-state index contributed by atoms with van der Waals surface area (Å²) in [6.07, 6.45) is 2.88. The molecule has 0 radical (unpaired) electrons.